The van der Waals surface area contributed by atoms with E-state index in [0.717, 1.165) is 38.5 Å². The standard InChI is InChI=1S/C18H15F3N2O7/c1-8-11(19)4-9(5-13(8)23(26)27)16(24)22-12-7-15(30-18(20)21)14(28-2)6-10(12)17(25)29-3/h4-7,18H,1-3H3,(H,22,24). The van der Waals surface area contributed by atoms with Gasteiger partial charge in [0.05, 0.1) is 36.0 Å². The van der Waals surface area contributed by atoms with Gasteiger partial charge in [-0.3, -0.25) is 14.9 Å². The number of benzene rings is 2. The molecule has 12 heteroatoms. The number of esters is 1. The second kappa shape index (κ2) is 9.11. The van der Waals surface area contributed by atoms with E-state index in [-0.39, 0.29) is 22.6 Å². The molecule has 1 amide bonds. The molecule has 0 saturated carbocycles. The summed E-state index contributed by atoms with van der Waals surface area (Å²) in [5.74, 6) is -3.75. The number of alkyl halides is 2. The van der Waals surface area contributed by atoms with Crippen LogP contribution in [0.15, 0.2) is 24.3 Å². The maximum Gasteiger partial charge on any atom is 0.387 e. The van der Waals surface area contributed by atoms with Crippen molar-refractivity contribution in [3.63, 3.8) is 0 Å². The predicted octanol–water partition coefficient (Wildman–Crippen LogP) is 3.69. The van der Waals surface area contributed by atoms with Gasteiger partial charge in [0.25, 0.3) is 11.6 Å². The van der Waals surface area contributed by atoms with Crippen LogP contribution in [0, 0.1) is 22.9 Å². The van der Waals surface area contributed by atoms with Crippen molar-refractivity contribution in [2.24, 2.45) is 0 Å². The minimum Gasteiger partial charge on any atom is -0.493 e. The highest BCUT2D eigenvalue weighted by Crippen LogP contribution is 2.35. The summed E-state index contributed by atoms with van der Waals surface area (Å²) in [5, 5.41) is 13.3. The van der Waals surface area contributed by atoms with Crippen molar-refractivity contribution in [2.75, 3.05) is 19.5 Å². The number of nitrogens with one attached hydrogen (secondary N) is 1. The molecule has 160 valence electrons. The first-order chi connectivity index (χ1) is 14.1. The Balaban J connectivity index is 2.53. The highest BCUT2D eigenvalue weighted by atomic mass is 19.3. The third-order valence-corrected chi connectivity index (χ3v) is 3.95. The Morgan fingerprint density at radius 3 is 2.33 bits per heavy atom. The van der Waals surface area contributed by atoms with Crippen LogP contribution in [0.4, 0.5) is 24.5 Å². The fourth-order valence-corrected chi connectivity index (χ4v) is 2.47. The monoisotopic (exact) mass is 428 g/mol. The molecule has 30 heavy (non-hydrogen) atoms. The summed E-state index contributed by atoms with van der Waals surface area (Å²) in [6, 6.07) is 3.48. The van der Waals surface area contributed by atoms with Gasteiger partial charge in [-0.25, -0.2) is 9.18 Å². The molecule has 0 aliphatic carbocycles. The summed E-state index contributed by atoms with van der Waals surface area (Å²) in [5.41, 5.74) is -1.96. The van der Waals surface area contributed by atoms with Gasteiger partial charge in [-0.15, -0.1) is 0 Å². The second-order valence-corrected chi connectivity index (χ2v) is 5.73. The topological polar surface area (TPSA) is 117 Å². The number of anilines is 1. The predicted molar refractivity (Wildman–Crippen MR) is 96.7 cm³/mol. The number of nitro benzene ring substituents is 1. The molecule has 2 rings (SSSR count). The number of carbonyl (C=O) groups excluding carboxylic acids is 2. The smallest absolute Gasteiger partial charge is 0.387 e. The lowest BCUT2D eigenvalue weighted by Crippen LogP contribution is -2.17. The Bertz CT molecular complexity index is 1010. The zero-order valence-corrected chi connectivity index (χ0v) is 15.8. The fraction of sp³-hybridized carbons (Fsp3) is 0.222. The Hall–Kier alpha value is -3.83. The van der Waals surface area contributed by atoms with Gasteiger partial charge in [0.2, 0.25) is 0 Å². The first-order valence-electron chi connectivity index (χ1n) is 8.10. The minimum atomic E-state index is -3.24. The number of hydrogen-bond acceptors (Lipinski definition) is 7. The van der Waals surface area contributed by atoms with Crippen molar-refractivity contribution < 1.29 is 41.9 Å². The zero-order chi connectivity index (χ0) is 22.6. The van der Waals surface area contributed by atoms with Gasteiger partial charge < -0.3 is 19.5 Å². The van der Waals surface area contributed by atoms with E-state index in [9.17, 15) is 32.9 Å². The minimum absolute atomic E-state index is 0.245. The summed E-state index contributed by atoms with van der Waals surface area (Å²) in [6.45, 7) is -2.07. The van der Waals surface area contributed by atoms with Crippen LogP contribution >= 0.6 is 0 Å². The van der Waals surface area contributed by atoms with E-state index in [0.29, 0.717) is 0 Å². The fourth-order valence-electron chi connectivity index (χ4n) is 2.47. The van der Waals surface area contributed by atoms with Crippen molar-refractivity contribution in [3.05, 3.63) is 56.9 Å². The van der Waals surface area contributed by atoms with Gasteiger partial charge in [-0.1, -0.05) is 0 Å². The van der Waals surface area contributed by atoms with Crippen molar-refractivity contribution in [2.45, 2.75) is 13.5 Å². The summed E-state index contributed by atoms with van der Waals surface area (Å²) in [7, 11) is 2.18. The molecule has 0 heterocycles. The van der Waals surface area contributed by atoms with Gasteiger partial charge >= 0.3 is 12.6 Å². The number of amides is 1. The lowest BCUT2D eigenvalue weighted by atomic mass is 10.1. The van der Waals surface area contributed by atoms with Gasteiger partial charge in [0.1, 0.15) is 5.82 Å². The normalized spacial score (nSPS) is 10.5. The highest BCUT2D eigenvalue weighted by Gasteiger charge is 2.23. The number of hydrogen-bond donors (Lipinski definition) is 1. The molecule has 0 atom stereocenters. The quantitative estimate of drug-likeness (QED) is 0.406. The van der Waals surface area contributed by atoms with Crippen LogP contribution in [0.25, 0.3) is 0 Å². The van der Waals surface area contributed by atoms with Crippen LogP contribution in [-0.4, -0.2) is 37.6 Å². The average Bonchev–Trinajstić information content (AvgIpc) is 2.68. The number of nitro groups is 1. The molecule has 0 saturated heterocycles. The largest absolute Gasteiger partial charge is 0.493 e. The van der Waals surface area contributed by atoms with Gasteiger partial charge in [0, 0.05) is 23.8 Å². The van der Waals surface area contributed by atoms with Crippen LogP contribution in [0.2, 0.25) is 0 Å². The molecule has 0 fully saturated rings. The number of carbonyl (C=O) groups is 2. The number of nitrogens with zero attached hydrogens (tertiary/aromatic N) is 1. The molecule has 1 N–H and O–H groups in total. The number of halogens is 3. The molecule has 2 aromatic carbocycles. The second-order valence-electron chi connectivity index (χ2n) is 5.73. The first kappa shape index (κ1) is 22.5. The Morgan fingerprint density at radius 1 is 1.13 bits per heavy atom. The molecule has 0 radical (unpaired) electrons. The summed E-state index contributed by atoms with van der Waals surface area (Å²) in [4.78, 5) is 34.7. The number of rotatable bonds is 7. The summed E-state index contributed by atoms with van der Waals surface area (Å²) < 4.78 is 53.1. The van der Waals surface area contributed by atoms with Crippen molar-refractivity contribution in [1.29, 1.82) is 0 Å². The van der Waals surface area contributed by atoms with Crippen molar-refractivity contribution >= 4 is 23.3 Å². The lowest BCUT2D eigenvalue weighted by molar-refractivity contribution is -0.385. The number of methoxy groups -OCH3 is 2. The lowest BCUT2D eigenvalue weighted by Gasteiger charge is -2.15. The van der Waals surface area contributed by atoms with Crippen LogP contribution in [0.5, 0.6) is 11.5 Å². The van der Waals surface area contributed by atoms with Gasteiger partial charge in [-0.2, -0.15) is 8.78 Å². The molecule has 0 aromatic heterocycles. The Labute approximate surface area is 167 Å². The molecule has 0 aliphatic heterocycles. The van der Waals surface area contributed by atoms with Gasteiger partial charge in [-0.05, 0) is 13.0 Å². The molecular weight excluding hydrogens is 413 g/mol. The highest BCUT2D eigenvalue weighted by molar-refractivity contribution is 6.08. The van der Waals surface area contributed by atoms with Gasteiger partial charge in [0.15, 0.2) is 11.5 Å². The molecule has 0 unspecified atom stereocenters. The molecule has 0 spiro atoms. The van der Waals surface area contributed by atoms with E-state index < -0.39 is 46.2 Å². The van der Waals surface area contributed by atoms with E-state index in [4.69, 9.17) is 4.74 Å². The molecule has 2 aromatic rings. The maximum absolute atomic E-state index is 14.0. The molecule has 0 aliphatic rings. The molecular formula is C18H15F3N2O7. The maximum atomic E-state index is 14.0. The van der Waals surface area contributed by atoms with Crippen LogP contribution in [0.1, 0.15) is 26.3 Å². The van der Waals surface area contributed by atoms with Crippen molar-refractivity contribution in [3.8, 4) is 11.5 Å². The third kappa shape index (κ3) is 4.77. The van der Waals surface area contributed by atoms with Crippen molar-refractivity contribution in [1.82, 2.24) is 0 Å². The van der Waals surface area contributed by atoms with Crippen LogP contribution in [-0.2, 0) is 4.74 Å². The van der Waals surface area contributed by atoms with E-state index in [1.165, 1.54) is 6.92 Å². The van der Waals surface area contributed by atoms with E-state index >= 15 is 0 Å². The van der Waals surface area contributed by atoms with E-state index in [1.807, 2.05) is 0 Å². The SMILES string of the molecule is COC(=O)c1cc(OC)c(OC(F)F)cc1NC(=O)c1cc(F)c(C)c([N+](=O)[O-])c1. The zero-order valence-electron chi connectivity index (χ0n) is 15.8. The Kier molecular flexibility index (Phi) is 6.82. The first-order valence-corrected chi connectivity index (χ1v) is 8.10. The summed E-state index contributed by atoms with van der Waals surface area (Å²) in [6.07, 6.45) is 0. The Morgan fingerprint density at radius 2 is 1.80 bits per heavy atom. The van der Waals surface area contributed by atoms with E-state index in [2.05, 4.69) is 14.8 Å². The van der Waals surface area contributed by atoms with Crippen LogP contribution in [0.3, 0.4) is 0 Å². The molecule has 0 bridgehead atoms. The summed E-state index contributed by atoms with van der Waals surface area (Å²) >= 11 is 0. The molecule has 9 nitrogen and oxygen atoms in total. The number of ether oxygens (including phenoxy) is 3. The average molecular weight is 428 g/mol. The van der Waals surface area contributed by atoms with E-state index in [1.54, 1.807) is 0 Å². The third-order valence-electron chi connectivity index (χ3n) is 3.95. The van der Waals surface area contributed by atoms with Crippen LogP contribution < -0.4 is 14.8 Å².